The fourth-order valence-electron chi connectivity index (χ4n) is 1.75. The Bertz CT molecular complexity index is 346. The van der Waals surface area contributed by atoms with Gasteiger partial charge in [0.25, 0.3) is 0 Å². The van der Waals surface area contributed by atoms with Gasteiger partial charge in [-0.25, -0.2) is 0 Å². The summed E-state index contributed by atoms with van der Waals surface area (Å²) in [6.45, 7) is 6.52. The van der Waals surface area contributed by atoms with Crippen molar-refractivity contribution in [2.75, 3.05) is 11.9 Å². The van der Waals surface area contributed by atoms with E-state index in [1.54, 1.807) is 0 Å². The Balaban J connectivity index is 2.49. The molecule has 0 amide bonds. The van der Waals surface area contributed by atoms with Gasteiger partial charge in [-0.05, 0) is 32.9 Å². The lowest BCUT2D eigenvalue weighted by Gasteiger charge is -2.46. The van der Waals surface area contributed by atoms with E-state index in [0.29, 0.717) is 0 Å². The molecular weight excluding hydrogens is 174 g/mol. The van der Waals surface area contributed by atoms with Crippen molar-refractivity contribution in [1.82, 2.24) is 0 Å². The molecule has 0 radical (unpaired) electrons. The lowest BCUT2D eigenvalue weighted by atomic mass is 9.93. The lowest BCUT2D eigenvalue weighted by molar-refractivity contribution is 0.127. The molecule has 1 aromatic rings. The molecule has 0 fully saturated rings. The SMILES string of the molecule is CC1Oc2ccccc2N(C)C1(C)C. The number of nitrogens with zero attached hydrogens (tertiary/aromatic N) is 1. The van der Waals surface area contributed by atoms with E-state index in [1.807, 2.05) is 18.2 Å². The molecule has 0 aliphatic carbocycles. The average Bonchev–Trinajstić information content (AvgIpc) is 2.15. The van der Waals surface area contributed by atoms with Crippen molar-refractivity contribution >= 4 is 5.69 Å². The van der Waals surface area contributed by atoms with E-state index in [1.165, 1.54) is 5.69 Å². The molecule has 1 aromatic carbocycles. The van der Waals surface area contributed by atoms with Gasteiger partial charge in [-0.3, -0.25) is 0 Å². The number of rotatable bonds is 0. The summed E-state index contributed by atoms with van der Waals surface area (Å²) in [4.78, 5) is 2.29. The van der Waals surface area contributed by atoms with Crippen LogP contribution in [0.5, 0.6) is 5.75 Å². The minimum Gasteiger partial charge on any atom is -0.486 e. The highest BCUT2D eigenvalue weighted by atomic mass is 16.5. The molecule has 2 nitrogen and oxygen atoms in total. The first-order valence-electron chi connectivity index (χ1n) is 5.03. The summed E-state index contributed by atoms with van der Waals surface area (Å²) in [5, 5.41) is 0. The van der Waals surface area contributed by atoms with E-state index in [2.05, 4.69) is 38.8 Å². The standard InChI is InChI=1S/C12H17NO/c1-9-12(2,3)13(4)10-7-5-6-8-11(10)14-9/h5-9H,1-4H3. The number of fused-ring (bicyclic) bond motifs is 1. The molecule has 0 N–H and O–H groups in total. The quantitative estimate of drug-likeness (QED) is 0.625. The fraction of sp³-hybridized carbons (Fsp3) is 0.500. The molecule has 14 heavy (non-hydrogen) atoms. The molecule has 76 valence electrons. The van der Waals surface area contributed by atoms with E-state index in [9.17, 15) is 0 Å². The predicted octanol–water partition coefficient (Wildman–Crippen LogP) is 2.68. The third-order valence-corrected chi connectivity index (χ3v) is 3.39. The summed E-state index contributed by atoms with van der Waals surface area (Å²) in [5.41, 5.74) is 1.23. The topological polar surface area (TPSA) is 12.5 Å². The molecule has 2 rings (SSSR count). The number of benzene rings is 1. The highest BCUT2D eigenvalue weighted by molar-refractivity contribution is 5.61. The second-order valence-corrected chi connectivity index (χ2v) is 4.44. The maximum Gasteiger partial charge on any atom is 0.143 e. The number of ether oxygens (including phenoxy) is 1. The van der Waals surface area contributed by atoms with Crippen LogP contribution in [0.1, 0.15) is 20.8 Å². The van der Waals surface area contributed by atoms with E-state index in [-0.39, 0.29) is 11.6 Å². The average molecular weight is 191 g/mol. The van der Waals surface area contributed by atoms with Crippen molar-refractivity contribution in [3.63, 3.8) is 0 Å². The zero-order chi connectivity index (χ0) is 10.3. The van der Waals surface area contributed by atoms with Crippen LogP contribution < -0.4 is 9.64 Å². The normalized spacial score (nSPS) is 24.0. The monoisotopic (exact) mass is 191 g/mol. The number of likely N-dealkylation sites (N-methyl/N-ethyl adjacent to an activating group) is 1. The summed E-state index contributed by atoms with van der Waals surface area (Å²) >= 11 is 0. The van der Waals surface area contributed by atoms with Gasteiger partial charge in [0.15, 0.2) is 0 Å². The molecule has 0 bridgehead atoms. The van der Waals surface area contributed by atoms with Crippen LogP contribution in [-0.4, -0.2) is 18.7 Å². The van der Waals surface area contributed by atoms with Gasteiger partial charge in [-0.1, -0.05) is 12.1 Å². The predicted molar refractivity (Wildman–Crippen MR) is 59.0 cm³/mol. The Morgan fingerprint density at radius 3 is 2.64 bits per heavy atom. The van der Waals surface area contributed by atoms with Crippen LogP contribution in [0, 0.1) is 0 Å². The summed E-state index contributed by atoms with van der Waals surface area (Å²) in [6.07, 6.45) is 0.211. The third kappa shape index (κ3) is 1.17. The van der Waals surface area contributed by atoms with Gasteiger partial charge in [0.05, 0.1) is 11.2 Å². The Hall–Kier alpha value is -1.18. The highest BCUT2D eigenvalue weighted by Crippen LogP contribution is 2.39. The van der Waals surface area contributed by atoms with Crippen LogP contribution in [0.4, 0.5) is 5.69 Å². The number of hydrogen-bond acceptors (Lipinski definition) is 2. The molecule has 1 atom stereocenters. The Labute approximate surface area is 85.5 Å². The lowest BCUT2D eigenvalue weighted by Crippen LogP contribution is -2.54. The minimum atomic E-state index is 0.0500. The Morgan fingerprint density at radius 2 is 1.93 bits per heavy atom. The molecule has 1 aliphatic heterocycles. The largest absolute Gasteiger partial charge is 0.486 e. The number of para-hydroxylation sites is 2. The highest BCUT2D eigenvalue weighted by Gasteiger charge is 2.37. The van der Waals surface area contributed by atoms with E-state index < -0.39 is 0 Å². The number of anilines is 1. The molecular formula is C12H17NO. The van der Waals surface area contributed by atoms with Crippen LogP contribution in [0.15, 0.2) is 24.3 Å². The zero-order valence-corrected chi connectivity index (χ0v) is 9.24. The van der Waals surface area contributed by atoms with Gasteiger partial charge >= 0.3 is 0 Å². The van der Waals surface area contributed by atoms with Crippen LogP contribution in [0.3, 0.4) is 0 Å². The minimum absolute atomic E-state index is 0.0500. The van der Waals surface area contributed by atoms with Crippen LogP contribution in [0.2, 0.25) is 0 Å². The maximum atomic E-state index is 5.88. The summed E-state index contributed by atoms with van der Waals surface area (Å²) in [6, 6.07) is 8.18. The molecule has 0 saturated heterocycles. The smallest absolute Gasteiger partial charge is 0.143 e. The van der Waals surface area contributed by atoms with Crippen LogP contribution in [-0.2, 0) is 0 Å². The zero-order valence-electron chi connectivity index (χ0n) is 9.24. The van der Waals surface area contributed by atoms with Gasteiger partial charge in [0.1, 0.15) is 11.9 Å². The summed E-state index contributed by atoms with van der Waals surface area (Å²) in [7, 11) is 2.12. The van der Waals surface area contributed by atoms with Crippen molar-refractivity contribution in [1.29, 1.82) is 0 Å². The van der Waals surface area contributed by atoms with Crippen molar-refractivity contribution < 1.29 is 4.74 Å². The molecule has 1 heterocycles. The van der Waals surface area contributed by atoms with Crippen molar-refractivity contribution in [2.24, 2.45) is 0 Å². The second kappa shape index (κ2) is 2.91. The van der Waals surface area contributed by atoms with E-state index in [0.717, 1.165) is 5.75 Å². The molecule has 0 saturated carbocycles. The first kappa shape index (κ1) is 9.38. The van der Waals surface area contributed by atoms with Crippen molar-refractivity contribution in [2.45, 2.75) is 32.4 Å². The van der Waals surface area contributed by atoms with Gasteiger partial charge in [-0.15, -0.1) is 0 Å². The van der Waals surface area contributed by atoms with E-state index >= 15 is 0 Å². The second-order valence-electron chi connectivity index (χ2n) is 4.44. The third-order valence-electron chi connectivity index (χ3n) is 3.39. The summed E-state index contributed by atoms with van der Waals surface area (Å²) in [5.74, 6) is 0.988. The summed E-state index contributed by atoms with van der Waals surface area (Å²) < 4.78 is 5.88. The van der Waals surface area contributed by atoms with Gasteiger partial charge in [-0.2, -0.15) is 0 Å². The number of hydrogen-bond donors (Lipinski definition) is 0. The van der Waals surface area contributed by atoms with Crippen LogP contribution in [0.25, 0.3) is 0 Å². The first-order valence-corrected chi connectivity index (χ1v) is 5.03. The Morgan fingerprint density at radius 1 is 1.29 bits per heavy atom. The van der Waals surface area contributed by atoms with Gasteiger partial charge < -0.3 is 9.64 Å². The van der Waals surface area contributed by atoms with Gasteiger partial charge in [0, 0.05) is 7.05 Å². The molecule has 1 unspecified atom stereocenters. The molecule has 2 heteroatoms. The van der Waals surface area contributed by atoms with Crippen LogP contribution >= 0.6 is 0 Å². The molecule has 0 aromatic heterocycles. The molecule has 1 aliphatic rings. The van der Waals surface area contributed by atoms with Crippen molar-refractivity contribution in [3.05, 3.63) is 24.3 Å². The fourth-order valence-corrected chi connectivity index (χ4v) is 1.75. The molecule has 0 spiro atoms. The Kier molecular flexibility index (Phi) is 1.95. The van der Waals surface area contributed by atoms with E-state index in [4.69, 9.17) is 4.74 Å². The maximum absolute atomic E-state index is 5.88. The van der Waals surface area contributed by atoms with Gasteiger partial charge in [0.2, 0.25) is 0 Å². The van der Waals surface area contributed by atoms with Crippen molar-refractivity contribution in [3.8, 4) is 5.75 Å². The first-order chi connectivity index (χ1) is 6.53.